The normalized spacial score (nSPS) is 18.8. The van der Waals surface area contributed by atoms with Crippen LogP contribution in [0.4, 0.5) is 0 Å². The first-order valence-corrected chi connectivity index (χ1v) is 6.66. The van der Waals surface area contributed by atoms with Gasteiger partial charge in [0.05, 0.1) is 12.7 Å². The molecule has 1 aliphatic heterocycles. The molecule has 0 bridgehead atoms. The van der Waals surface area contributed by atoms with Gasteiger partial charge in [-0.1, -0.05) is 18.2 Å². The minimum Gasteiger partial charge on any atom is -0.494 e. The Bertz CT molecular complexity index is 355. The molecule has 0 N–H and O–H groups in total. The highest BCUT2D eigenvalue weighted by molar-refractivity contribution is 5.78. The number of para-hydroxylation sites is 1. The van der Waals surface area contributed by atoms with Crippen LogP contribution in [-0.2, 0) is 9.53 Å². The van der Waals surface area contributed by atoms with E-state index in [1.807, 2.05) is 30.3 Å². The van der Waals surface area contributed by atoms with Crippen LogP contribution in [0.15, 0.2) is 30.3 Å². The van der Waals surface area contributed by atoms with Gasteiger partial charge in [-0.05, 0) is 31.4 Å². The fourth-order valence-corrected chi connectivity index (χ4v) is 2.14. The summed E-state index contributed by atoms with van der Waals surface area (Å²) in [5, 5.41) is 0. The van der Waals surface area contributed by atoms with E-state index in [1.165, 1.54) is 0 Å². The molecule has 2 rings (SSSR count). The van der Waals surface area contributed by atoms with E-state index in [2.05, 4.69) is 0 Å². The summed E-state index contributed by atoms with van der Waals surface area (Å²) in [6.45, 7) is 1.41. The summed E-state index contributed by atoms with van der Waals surface area (Å²) in [6, 6.07) is 9.69. The van der Waals surface area contributed by atoms with Crippen molar-refractivity contribution in [2.24, 2.45) is 0 Å². The molecular weight excluding hydrogens is 228 g/mol. The standard InChI is InChI=1S/C15H20O3/c16-13(12-15-9-5-11-18-15)6-4-10-17-14-7-2-1-3-8-14/h1-3,7-8,15H,4-6,9-12H2. The quantitative estimate of drug-likeness (QED) is 0.696. The lowest BCUT2D eigenvalue weighted by Gasteiger charge is -2.08. The van der Waals surface area contributed by atoms with Crippen molar-refractivity contribution in [3.8, 4) is 5.75 Å². The Kier molecular flexibility index (Phi) is 5.21. The van der Waals surface area contributed by atoms with E-state index in [-0.39, 0.29) is 6.10 Å². The van der Waals surface area contributed by atoms with Gasteiger partial charge in [-0.25, -0.2) is 0 Å². The molecule has 18 heavy (non-hydrogen) atoms. The highest BCUT2D eigenvalue weighted by Gasteiger charge is 2.18. The third-order valence-electron chi connectivity index (χ3n) is 3.09. The van der Waals surface area contributed by atoms with Crippen molar-refractivity contribution in [3.63, 3.8) is 0 Å². The highest BCUT2D eigenvalue weighted by Crippen LogP contribution is 2.16. The zero-order valence-electron chi connectivity index (χ0n) is 10.6. The van der Waals surface area contributed by atoms with Crippen molar-refractivity contribution in [1.82, 2.24) is 0 Å². The van der Waals surface area contributed by atoms with Crippen LogP contribution >= 0.6 is 0 Å². The van der Waals surface area contributed by atoms with Gasteiger partial charge in [0.1, 0.15) is 11.5 Å². The van der Waals surface area contributed by atoms with E-state index >= 15 is 0 Å². The van der Waals surface area contributed by atoms with Crippen LogP contribution in [0, 0.1) is 0 Å². The summed E-state index contributed by atoms with van der Waals surface area (Å²) in [6.07, 6.45) is 4.24. The Morgan fingerprint density at radius 3 is 2.89 bits per heavy atom. The van der Waals surface area contributed by atoms with Gasteiger partial charge in [-0.15, -0.1) is 0 Å². The smallest absolute Gasteiger partial charge is 0.135 e. The summed E-state index contributed by atoms with van der Waals surface area (Å²) in [4.78, 5) is 11.7. The molecule has 1 saturated heterocycles. The summed E-state index contributed by atoms with van der Waals surface area (Å²) >= 11 is 0. The zero-order chi connectivity index (χ0) is 12.6. The number of ether oxygens (including phenoxy) is 2. The van der Waals surface area contributed by atoms with Crippen molar-refractivity contribution in [2.45, 2.75) is 38.2 Å². The molecule has 1 aromatic rings. The van der Waals surface area contributed by atoms with Crippen LogP contribution in [0.1, 0.15) is 32.1 Å². The molecule has 1 aromatic carbocycles. The van der Waals surface area contributed by atoms with Gasteiger partial charge in [-0.2, -0.15) is 0 Å². The average Bonchev–Trinajstić information content (AvgIpc) is 2.89. The van der Waals surface area contributed by atoms with E-state index in [4.69, 9.17) is 9.47 Å². The second kappa shape index (κ2) is 7.17. The van der Waals surface area contributed by atoms with Crippen LogP contribution in [0.2, 0.25) is 0 Å². The summed E-state index contributed by atoms with van der Waals surface area (Å²) in [7, 11) is 0. The second-order valence-corrected chi connectivity index (χ2v) is 4.64. The van der Waals surface area contributed by atoms with E-state index in [0.29, 0.717) is 25.2 Å². The summed E-state index contributed by atoms with van der Waals surface area (Å²) in [5.74, 6) is 1.16. The largest absolute Gasteiger partial charge is 0.494 e. The monoisotopic (exact) mass is 248 g/mol. The molecule has 3 nitrogen and oxygen atoms in total. The van der Waals surface area contributed by atoms with Gasteiger partial charge < -0.3 is 9.47 Å². The van der Waals surface area contributed by atoms with Gasteiger partial charge in [0, 0.05) is 19.4 Å². The molecular formula is C15H20O3. The van der Waals surface area contributed by atoms with Crippen molar-refractivity contribution in [2.75, 3.05) is 13.2 Å². The third kappa shape index (κ3) is 4.49. The lowest BCUT2D eigenvalue weighted by Crippen LogP contribution is -2.13. The Balaban J connectivity index is 1.56. The summed E-state index contributed by atoms with van der Waals surface area (Å²) in [5.41, 5.74) is 0. The van der Waals surface area contributed by atoms with Crippen molar-refractivity contribution >= 4 is 5.78 Å². The van der Waals surface area contributed by atoms with Gasteiger partial charge in [0.15, 0.2) is 0 Å². The Morgan fingerprint density at radius 2 is 2.17 bits per heavy atom. The Hall–Kier alpha value is -1.35. The zero-order valence-corrected chi connectivity index (χ0v) is 10.6. The first kappa shape index (κ1) is 13.1. The fraction of sp³-hybridized carbons (Fsp3) is 0.533. The molecule has 0 amide bonds. The number of benzene rings is 1. The van der Waals surface area contributed by atoms with Gasteiger partial charge in [0.2, 0.25) is 0 Å². The van der Waals surface area contributed by atoms with E-state index in [1.54, 1.807) is 0 Å². The molecule has 0 aromatic heterocycles. The average molecular weight is 248 g/mol. The molecule has 0 saturated carbocycles. The van der Waals surface area contributed by atoms with E-state index in [9.17, 15) is 4.79 Å². The predicted molar refractivity (Wildman–Crippen MR) is 69.8 cm³/mol. The number of Topliss-reactive ketones (excluding diaryl/α,β-unsaturated/α-hetero) is 1. The number of hydrogen-bond acceptors (Lipinski definition) is 3. The molecule has 3 heteroatoms. The first-order valence-electron chi connectivity index (χ1n) is 6.66. The third-order valence-corrected chi connectivity index (χ3v) is 3.09. The topological polar surface area (TPSA) is 35.5 Å². The number of carbonyl (C=O) groups excluding carboxylic acids is 1. The molecule has 0 radical (unpaired) electrons. The van der Waals surface area contributed by atoms with Crippen LogP contribution in [0.5, 0.6) is 5.75 Å². The van der Waals surface area contributed by atoms with Crippen molar-refractivity contribution in [3.05, 3.63) is 30.3 Å². The van der Waals surface area contributed by atoms with Crippen molar-refractivity contribution in [1.29, 1.82) is 0 Å². The number of carbonyl (C=O) groups is 1. The lowest BCUT2D eigenvalue weighted by molar-refractivity contribution is -0.121. The van der Waals surface area contributed by atoms with Crippen LogP contribution in [0.25, 0.3) is 0 Å². The lowest BCUT2D eigenvalue weighted by atomic mass is 10.1. The SMILES string of the molecule is O=C(CCCOc1ccccc1)CC1CCCO1. The van der Waals surface area contributed by atoms with Crippen LogP contribution in [0.3, 0.4) is 0 Å². The molecule has 1 unspecified atom stereocenters. The maximum atomic E-state index is 11.7. The molecule has 0 aliphatic carbocycles. The van der Waals surface area contributed by atoms with E-state index in [0.717, 1.165) is 31.6 Å². The number of rotatable bonds is 7. The predicted octanol–water partition coefficient (Wildman–Crippen LogP) is 2.98. The molecule has 1 fully saturated rings. The van der Waals surface area contributed by atoms with Crippen molar-refractivity contribution < 1.29 is 14.3 Å². The first-order chi connectivity index (χ1) is 8.84. The maximum absolute atomic E-state index is 11.7. The van der Waals surface area contributed by atoms with E-state index < -0.39 is 0 Å². The number of hydrogen-bond donors (Lipinski definition) is 0. The second-order valence-electron chi connectivity index (χ2n) is 4.64. The fourth-order valence-electron chi connectivity index (χ4n) is 2.14. The molecule has 98 valence electrons. The minimum atomic E-state index is 0.174. The molecule has 1 aliphatic rings. The molecule has 1 heterocycles. The van der Waals surface area contributed by atoms with Gasteiger partial charge in [0.25, 0.3) is 0 Å². The Morgan fingerprint density at radius 1 is 1.33 bits per heavy atom. The Labute approximate surface area is 108 Å². The van der Waals surface area contributed by atoms with Gasteiger partial charge >= 0.3 is 0 Å². The minimum absolute atomic E-state index is 0.174. The van der Waals surface area contributed by atoms with Gasteiger partial charge in [-0.3, -0.25) is 4.79 Å². The molecule has 0 spiro atoms. The summed E-state index contributed by atoms with van der Waals surface area (Å²) < 4.78 is 11.0. The van der Waals surface area contributed by atoms with Crippen LogP contribution < -0.4 is 4.74 Å². The van der Waals surface area contributed by atoms with Crippen LogP contribution in [-0.4, -0.2) is 25.1 Å². The highest BCUT2D eigenvalue weighted by atomic mass is 16.5. The number of ketones is 1. The molecule has 1 atom stereocenters. The maximum Gasteiger partial charge on any atom is 0.135 e.